The van der Waals surface area contributed by atoms with E-state index in [-0.39, 0.29) is 6.04 Å². The lowest BCUT2D eigenvalue weighted by Gasteiger charge is -2.28. The van der Waals surface area contributed by atoms with Gasteiger partial charge in [-0.25, -0.2) is 0 Å². The van der Waals surface area contributed by atoms with Crippen molar-refractivity contribution in [1.82, 2.24) is 9.78 Å². The summed E-state index contributed by atoms with van der Waals surface area (Å²) < 4.78 is 2.01. The fraction of sp³-hybridized carbons (Fsp3) is 0.786. The molecule has 0 bridgehead atoms. The fourth-order valence-corrected chi connectivity index (χ4v) is 2.78. The normalized spacial score (nSPS) is 18.8. The van der Waals surface area contributed by atoms with Gasteiger partial charge in [0.2, 0.25) is 0 Å². The summed E-state index contributed by atoms with van der Waals surface area (Å²) in [5, 5.41) is 4.57. The molecular weight excluding hydrogens is 224 g/mol. The number of hydrogen-bond acceptors (Lipinski definition) is 3. The van der Waals surface area contributed by atoms with E-state index in [0.717, 1.165) is 18.0 Å². The monoisotopic (exact) mass is 250 g/mol. The van der Waals surface area contributed by atoms with Gasteiger partial charge in [-0.15, -0.1) is 0 Å². The van der Waals surface area contributed by atoms with E-state index in [1.807, 2.05) is 11.7 Å². The van der Waals surface area contributed by atoms with E-state index in [4.69, 9.17) is 5.73 Å². The molecule has 1 fully saturated rings. The Morgan fingerprint density at radius 2 is 2.06 bits per heavy atom. The number of aryl methyl sites for hydroxylation is 2. The molecule has 2 N–H and O–H groups in total. The lowest BCUT2D eigenvalue weighted by atomic mass is 10.1. The van der Waals surface area contributed by atoms with Crippen LogP contribution in [0.25, 0.3) is 0 Å². The lowest BCUT2D eigenvalue weighted by molar-refractivity contribution is 0.584. The number of aromatic nitrogens is 2. The van der Waals surface area contributed by atoms with E-state index in [9.17, 15) is 0 Å². The van der Waals surface area contributed by atoms with Crippen molar-refractivity contribution in [3.05, 3.63) is 11.3 Å². The predicted molar refractivity (Wildman–Crippen MR) is 75.9 cm³/mol. The van der Waals surface area contributed by atoms with Gasteiger partial charge in [0.25, 0.3) is 0 Å². The van der Waals surface area contributed by atoms with Crippen molar-refractivity contribution < 1.29 is 0 Å². The average Bonchev–Trinajstić information content (AvgIpc) is 3.06. The topological polar surface area (TPSA) is 47.1 Å². The molecule has 0 saturated heterocycles. The van der Waals surface area contributed by atoms with Crippen LogP contribution in [0.3, 0.4) is 0 Å². The molecule has 0 spiro atoms. The third-order valence-electron chi connectivity index (χ3n) is 4.09. The highest BCUT2D eigenvalue weighted by Gasteiger charge is 2.32. The van der Waals surface area contributed by atoms with E-state index < -0.39 is 0 Å². The Balaban J connectivity index is 2.29. The summed E-state index contributed by atoms with van der Waals surface area (Å²) in [4.78, 5) is 2.38. The summed E-state index contributed by atoms with van der Waals surface area (Å²) in [5.41, 5.74) is 8.38. The van der Waals surface area contributed by atoms with Gasteiger partial charge in [-0.1, -0.05) is 0 Å². The highest BCUT2D eigenvalue weighted by Crippen LogP contribution is 2.37. The lowest BCUT2D eigenvalue weighted by Crippen LogP contribution is -2.33. The second-order valence-corrected chi connectivity index (χ2v) is 5.88. The molecule has 1 aliphatic carbocycles. The first kappa shape index (κ1) is 13.4. The van der Waals surface area contributed by atoms with Gasteiger partial charge in [0.05, 0.1) is 5.69 Å². The maximum Gasteiger partial charge on any atom is 0.130 e. The van der Waals surface area contributed by atoms with Crippen LogP contribution in [0.4, 0.5) is 5.82 Å². The van der Waals surface area contributed by atoms with Crippen molar-refractivity contribution in [2.75, 3.05) is 11.9 Å². The maximum atomic E-state index is 5.96. The van der Waals surface area contributed by atoms with Gasteiger partial charge in [0, 0.05) is 31.7 Å². The van der Waals surface area contributed by atoms with Gasteiger partial charge in [-0.05, 0) is 46.0 Å². The molecule has 1 aliphatic rings. The first-order chi connectivity index (χ1) is 8.41. The van der Waals surface area contributed by atoms with Crippen molar-refractivity contribution in [1.29, 1.82) is 0 Å². The summed E-state index contributed by atoms with van der Waals surface area (Å²) in [5.74, 6) is 2.09. The third kappa shape index (κ3) is 2.53. The number of hydrogen-bond donors (Lipinski definition) is 1. The molecule has 2 rings (SSSR count). The summed E-state index contributed by atoms with van der Waals surface area (Å²) in [7, 11) is 4.22. The fourth-order valence-electron chi connectivity index (χ4n) is 2.78. The molecule has 1 aromatic heterocycles. The third-order valence-corrected chi connectivity index (χ3v) is 4.09. The molecular formula is C14H26N4. The Bertz CT molecular complexity index is 418. The second-order valence-electron chi connectivity index (χ2n) is 5.88. The summed E-state index contributed by atoms with van der Waals surface area (Å²) in [6.45, 7) is 6.45. The van der Waals surface area contributed by atoms with Crippen LogP contribution >= 0.6 is 0 Å². The smallest absolute Gasteiger partial charge is 0.130 e. The molecule has 4 heteroatoms. The van der Waals surface area contributed by atoms with E-state index in [0.29, 0.717) is 6.04 Å². The SMILES string of the molecule is Cc1nn(C)c(N(C)C(C)C2CC2)c1CC(C)N. The van der Waals surface area contributed by atoms with Crippen LogP contribution in [0.5, 0.6) is 0 Å². The van der Waals surface area contributed by atoms with Crippen molar-refractivity contribution in [2.45, 2.75) is 52.1 Å². The quantitative estimate of drug-likeness (QED) is 0.867. The average molecular weight is 250 g/mol. The Morgan fingerprint density at radius 3 is 2.56 bits per heavy atom. The van der Waals surface area contributed by atoms with Crippen LogP contribution in [0.1, 0.15) is 37.9 Å². The molecule has 2 atom stereocenters. The first-order valence-electron chi connectivity index (χ1n) is 6.92. The number of nitrogens with zero attached hydrogens (tertiary/aromatic N) is 3. The molecule has 4 nitrogen and oxygen atoms in total. The molecule has 0 aliphatic heterocycles. The second kappa shape index (κ2) is 4.92. The van der Waals surface area contributed by atoms with Gasteiger partial charge in [0.15, 0.2) is 0 Å². The Kier molecular flexibility index (Phi) is 3.66. The van der Waals surface area contributed by atoms with Crippen molar-refractivity contribution in [3.8, 4) is 0 Å². The van der Waals surface area contributed by atoms with Crippen molar-refractivity contribution >= 4 is 5.82 Å². The molecule has 0 radical (unpaired) electrons. The number of anilines is 1. The zero-order valence-electron chi connectivity index (χ0n) is 12.3. The zero-order valence-corrected chi connectivity index (χ0v) is 12.3. The van der Waals surface area contributed by atoms with Crippen LogP contribution in [0.2, 0.25) is 0 Å². The van der Waals surface area contributed by atoms with Crippen LogP contribution in [0, 0.1) is 12.8 Å². The Morgan fingerprint density at radius 1 is 1.44 bits per heavy atom. The van der Waals surface area contributed by atoms with E-state index in [1.54, 1.807) is 0 Å². The molecule has 1 heterocycles. The van der Waals surface area contributed by atoms with Crippen LogP contribution in [0.15, 0.2) is 0 Å². The van der Waals surface area contributed by atoms with E-state index >= 15 is 0 Å². The summed E-state index contributed by atoms with van der Waals surface area (Å²) in [6.07, 6.45) is 3.63. The number of rotatable bonds is 5. The molecule has 0 amide bonds. The van der Waals surface area contributed by atoms with Gasteiger partial charge < -0.3 is 10.6 Å². The zero-order chi connectivity index (χ0) is 13.4. The molecule has 18 heavy (non-hydrogen) atoms. The van der Waals surface area contributed by atoms with Gasteiger partial charge in [0.1, 0.15) is 5.82 Å². The van der Waals surface area contributed by atoms with Crippen molar-refractivity contribution in [3.63, 3.8) is 0 Å². The maximum absolute atomic E-state index is 5.96. The van der Waals surface area contributed by atoms with Crippen molar-refractivity contribution in [2.24, 2.45) is 18.7 Å². The largest absolute Gasteiger partial charge is 0.357 e. The summed E-state index contributed by atoms with van der Waals surface area (Å²) in [6, 6.07) is 0.767. The standard InChI is InChI=1S/C14H26N4/c1-9(15)8-13-10(2)16-18(5)14(13)17(4)11(3)12-6-7-12/h9,11-12H,6-8,15H2,1-5H3. The predicted octanol–water partition coefficient (Wildman–Crippen LogP) is 1.85. The van der Waals surface area contributed by atoms with Crippen LogP contribution < -0.4 is 10.6 Å². The summed E-state index contributed by atoms with van der Waals surface area (Å²) >= 11 is 0. The first-order valence-corrected chi connectivity index (χ1v) is 6.92. The minimum atomic E-state index is 0.177. The molecule has 102 valence electrons. The highest BCUT2D eigenvalue weighted by atomic mass is 15.4. The molecule has 0 aromatic carbocycles. The van der Waals surface area contributed by atoms with Crippen LogP contribution in [-0.4, -0.2) is 28.9 Å². The minimum absolute atomic E-state index is 0.177. The van der Waals surface area contributed by atoms with E-state index in [1.165, 1.54) is 24.2 Å². The van der Waals surface area contributed by atoms with Gasteiger partial charge in [-0.3, -0.25) is 4.68 Å². The Hall–Kier alpha value is -1.03. The molecule has 1 saturated carbocycles. The van der Waals surface area contributed by atoms with Gasteiger partial charge >= 0.3 is 0 Å². The van der Waals surface area contributed by atoms with Crippen LogP contribution in [-0.2, 0) is 13.5 Å². The molecule has 2 unspecified atom stereocenters. The van der Waals surface area contributed by atoms with E-state index in [2.05, 4.69) is 37.8 Å². The highest BCUT2D eigenvalue weighted by molar-refractivity contribution is 5.51. The van der Waals surface area contributed by atoms with Gasteiger partial charge in [-0.2, -0.15) is 5.10 Å². The molecule has 1 aromatic rings. The minimum Gasteiger partial charge on any atom is -0.357 e. The Labute approximate surface area is 110 Å². The number of nitrogens with two attached hydrogens (primary N) is 1.